The van der Waals surface area contributed by atoms with E-state index in [1.807, 2.05) is 25.7 Å². The largest absolute Gasteiger partial charge is 0 e. The summed E-state index contributed by atoms with van der Waals surface area (Å²) < 4.78 is 0. The Morgan fingerprint density at radius 3 is 1.25 bits per heavy atom. The quantitative estimate of drug-likeness (QED) is 0.574. The molecule has 0 atom stereocenters. The molecule has 0 unspecified atom stereocenters. The number of rotatable bonds is 0. The number of hydrogen-bond donors (Lipinski definition) is 0. The van der Waals surface area contributed by atoms with Crippen molar-refractivity contribution in [2.45, 2.75) is 5.23 Å². The van der Waals surface area contributed by atoms with Gasteiger partial charge in [0, 0.05) is 39.6 Å². The van der Waals surface area contributed by atoms with Gasteiger partial charge in [-0.25, -0.2) is 0 Å². The molecule has 4 heavy (non-hydrogen) atoms. The fourth-order valence-electron chi connectivity index (χ4n) is 0. The van der Waals surface area contributed by atoms with E-state index in [0.717, 1.165) is 0 Å². The Morgan fingerprint density at radius 1 is 1.25 bits per heavy atom. The van der Waals surface area contributed by atoms with Crippen LogP contribution < -0.4 is 0 Å². The maximum absolute atomic E-state index is 2.00. The first-order valence-electron chi connectivity index (χ1n) is 0.500. The average molecular weight is 298 g/mol. The second kappa shape index (κ2) is 20.1. The van der Waals surface area contributed by atoms with E-state index in [1.165, 1.54) is 0 Å². The first-order valence-corrected chi connectivity index (χ1v) is 2.06. The zero-order chi connectivity index (χ0) is 2.00. The van der Waals surface area contributed by atoms with Gasteiger partial charge in [0.15, 0.2) is 0 Å². The fourth-order valence-corrected chi connectivity index (χ4v) is 0. The van der Waals surface area contributed by atoms with Crippen LogP contribution in [-0.4, -0.2) is 0 Å². The Morgan fingerprint density at radius 2 is 1.25 bits per heavy atom. The van der Waals surface area contributed by atoms with Crippen molar-refractivity contribution < 1.29 is 60.1 Å². The van der Waals surface area contributed by atoms with Crippen molar-refractivity contribution in [1.82, 2.24) is 0 Å². The van der Waals surface area contributed by atoms with E-state index in [4.69, 9.17) is 0 Å². The predicted molar refractivity (Wildman–Crippen MR) is 5.86 cm³/mol. The maximum Gasteiger partial charge on any atom is 0 e. The molecule has 0 rings (SSSR count). The van der Waals surface area contributed by atoms with E-state index in [0.29, 0.717) is 0 Å². The molecule has 0 aromatic rings. The molecule has 0 aromatic heterocycles. The molecule has 0 fully saturated rings. The molecule has 0 spiro atoms. The van der Waals surface area contributed by atoms with Crippen LogP contribution in [-0.2, 0) is 60.1 Å². The molecule has 0 bridgehead atoms. The minimum absolute atomic E-state index is 0. The SMILES string of the molecule is [CH3][Ti].[V].[W]. The third kappa shape index (κ3) is 9.01. The van der Waals surface area contributed by atoms with Crippen molar-refractivity contribution in [1.29, 1.82) is 0 Å². The summed E-state index contributed by atoms with van der Waals surface area (Å²) in [5.41, 5.74) is 0. The van der Waals surface area contributed by atoms with Crippen LogP contribution in [0.3, 0.4) is 0 Å². The first kappa shape index (κ1) is 16.7. The molecule has 0 nitrogen and oxygen atoms in total. The molecule has 0 aliphatic heterocycles. The van der Waals surface area contributed by atoms with Crippen molar-refractivity contribution in [3.8, 4) is 0 Å². The maximum atomic E-state index is 2.00. The molecular formula is CH3TiVW. The van der Waals surface area contributed by atoms with Gasteiger partial charge in [0.25, 0.3) is 0 Å². The van der Waals surface area contributed by atoms with Gasteiger partial charge in [0.1, 0.15) is 0 Å². The van der Waals surface area contributed by atoms with E-state index < -0.39 is 0 Å². The molecule has 0 aliphatic carbocycles. The predicted octanol–water partition coefficient (Wildman–Crippen LogP) is 0.576. The van der Waals surface area contributed by atoms with Gasteiger partial charge in [-0.15, -0.1) is 0 Å². The van der Waals surface area contributed by atoms with E-state index in [-0.39, 0.29) is 39.6 Å². The molecular weight excluding hydrogens is 295 g/mol. The summed E-state index contributed by atoms with van der Waals surface area (Å²) in [6.07, 6.45) is 0. The molecule has 0 amide bonds. The van der Waals surface area contributed by atoms with Crippen LogP contribution in [0, 0.1) is 0 Å². The summed E-state index contributed by atoms with van der Waals surface area (Å²) in [5.74, 6) is 0. The smallest absolute Gasteiger partial charge is 0 e. The Kier molecular flexibility index (Phi) is 83.8. The van der Waals surface area contributed by atoms with Gasteiger partial charge >= 0.3 is 25.7 Å². The molecule has 1 radical (unpaired) electrons. The summed E-state index contributed by atoms with van der Waals surface area (Å²) in [7, 11) is 0. The minimum Gasteiger partial charge on any atom is 0 e. The van der Waals surface area contributed by atoms with Crippen LogP contribution in [0.5, 0.6) is 0 Å². The van der Waals surface area contributed by atoms with Gasteiger partial charge in [0.05, 0.1) is 0 Å². The molecule has 0 aliphatic rings. The Labute approximate surface area is 64.7 Å². The van der Waals surface area contributed by atoms with Gasteiger partial charge in [-0.2, -0.15) is 0 Å². The van der Waals surface area contributed by atoms with Gasteiger partial charge in [-0.05, 0) is 0 Å². The van der Waals surface area contributed by atoms with Crippen molar-refractivity contribution in [2.75, 3.05) is 0 Å². The Hall–Kier alpha value is 1.99. The Bertz CT molecular complexity index is 8.00. The van der Waals surface area contributed by atoms with Crippen LogP contribution in [0.25, 0.3) is 0 Å². The molecule has 22 valence electrons. The van der Waals surface area contributed by atoms with Crippen LogP contribution in [0.4, 0.5) is 0 Å². The van der Waals surface area contributed by atoms with Crippen molar-refractivity contribution in [3.05, 3.63) is 0 Å². The monoisotopic (exact) mass is 298 g/mol. The van der Waals surface area contributed by atoms with E-state index in [9.17, 15) is 0 Å². The van der Waals surface area contributed by atoms with Crippen molar-refractivity contribution in [2.24, 2.45) is 0 Å². The summed E-state index contributed by atoms with van der Waals surface area (Å²) in [6.45, 7) is 0. The third-order valence-corrected chi connectivity index (χ3v) is 0. The average Bonchev–Trinajstić information content (AvgIpc) is 1.00. The summed E-state index contributed by atoms with van der Waals surface area (Å²) >= 11 is 2.00. The van der Waals surface area contributed by atoms with Crippen LogP contribution in [0.2, 0.25) is 5.23 Å². The van der Waals surface area contributed by atoms with E-state index >= 15 is 0 Å². The minimum atomic E-state index is 0. The summed E-state index contributed by atoms with van der Waals surface area (Å²) in [5, 5.41) is 2.00. The zero-order valence-electron chi connectivity index (χ0n) is 2.36. The summed E-state index contributed by atoms with van der Waals surface area (Å²) in [4.78, 5) is 0. The second-order valence-corrected chi connectivity index (χ2v) is 0. The standard InChI is InChI=1S/CH3.Ti.V.W/h1H3;;;. The summed E-state index contributed by atoms with van der Waals surface area (Å²) in [6, 6.07) is 0. The molecule has 0 heterocycles. The van der Waals surface area contributed by atoms with Gasteiger partial charge in [0.2, 0.25) is 0 Å². The topological polar surface area (TPSA) is 0 Å². The van der Waals surface area contributed by atoms with Gasteiger partial charge < -0.3 is 0 Å². The normalized spacial score (nSPS) is 1.00. The zero-order valence-corrected chi connectivity index (χ0v) is 8.25. The van der Waals surface area contributed by atoms with Crippen molar-refractivity contribution in [3.63, 3.8) is 0 Å². The molecule has 0 aromatic carbocycles. The van der Waals surface area contributed by atoms with E-state index in [2.05, 4.69) is 0 Å². The number of hydrogen-bond acceptors (Lipinski definition) is 0. The molecule has 0 saturated carbocycles. The molecule has 0 N–H and O–H groups in total. The van der Waals surface area contributed by atoms with Gasteiger partial charge in [-0.1, -0.05) is 0 Å². The van der Waals surface area contributed by atoms with Gasteiger partial charge in [-0.3, -0.25) is 0 Å². The third-order valence-electron chi connectivity index (χ3n) is 0. The fraction of sp³-hybridized carbons (Fsp3) is 1.00. The van der Waals surface area contributed by atoms with Crippen LogP contribution in [0.15, 0.2) is 0 Å². The van der Waals surface area contributed by atoms with Crippen LogP contribution in [0.1, 0.15) is 0 Å². The second-order valence-electron chi connectivity index (χ2n) is 0. The van der Waals surface area contributed by atoms with Crippen LogP contribution >= 0.6 is 0 Å². The molecule has 0 saturated heterocycles. The Balaban J connectivity index is -0.00000000500. The van der Waals surface area contributed by atoms with Crippen molar-refractivity contribution >= 4 is 0 Å². The van der Waals surface area contributed by atoms with E-state index in [1.54, 1.807) is 0 Å². The molecule has 3 heteroatoms. The first-order chi connectivity index (χ1) is 1.00.